The number of ether oxygens (including phenoxy) is 1. The molecule has 1 unspecified atom stereocenters. The van der Waals surface area contributed by atoms with Crippen molar-refractivity contribution in [3.05, 3.63) is 57.8 Å². The van der Waals surface area contributed by atoms with Gasteiger partial charge in [0.05, 0.1) is 6.61 Å². The first kappa shape index (κ1) is 16.2. The molecule has 1 N–H and O–H groups in total. The molecule has 0 aliphatic heterocycles. The maximum absolute atomic E-state index is 5.10. The molecule has 0 spiro atoms. The molecular formula is C18H25NOS. The summed E-state index contributed by atoms with van der Waals surface area (Å²) in [5.41, 5.74) is 2.75. The number of thiophene rings is 1. The average Bonchev–Trinajstić information content (AvgIpc) is 2.99. The average molecular weight is 303 g/mol. The fraction of sp³-hybridized carbons (Fsp3) is 0.444. The number of rotatable bonds is 9. The van der Waals surface area contributed by atoms with Gasteiger partial charge in [-0.1, -0.05) is 35.9 Å². The minimum atomic E-state index is 0.628. The van der Waals surface area contributed by atoms with Gasteiger partial charge in [-0.3, -0.25) is 0 Å². The lowest BCUT2D eigenvalue weighted by Gasteiger charge is -2.17. The Morgan fingerprint density at radius 1 is 1.14 bits per heavy atom. The predicted molar refractivity (Wildman–Crippen MR) is 91.1 cm³/mol. The van der Waals surface area contributed by atoms with Crippen molar-refractivity contribution in [2.45, 2.75) is 19.8 Å². The quantitative estimate of drug-likeness (QED) is 0.713. The van der Waals surface area contributed by atoms with E-state index in [0.29, 0.717) is 5.92 Å². The third-order valence-corrected chi connectivity index (χ3v) is 4.53. The Labute approximate surface area is 132 Å². The van der Waals surface area contributed by atoms with Crippen LogP contribution in [0.1, 0.15) is 16.0 Å². The van der Waals surface area contributed by atoms with Gasteiger partial charge < -0.3 is 10.1 Å². The van der Waals surface area contributed by atoms with Crippen molar-refractivity contribution in [2.24, 2.45) is 5.92 Å². The molecule has 0 aliphatic rings. The van der Waals surface area contributed by atoms with Crippen LogP contribution in [-0.2, 0) is 17.6 Å². The molecule has 114 valence electrons. The molecule has 0 saturated carbocycles. The van der Waals surface area contributed by atoms with Crippen LogP contribution in [0.4, 0.5) is 0 Å². The van der Waals surface area contributed by atoms with Gasteiger partial charge in [0.15, 0.2) is 0 Å². The Bertz CT molecular complexity index is 492. The van der Waals surface area contributed by atoms with Crippen LogP contribution in [0.5, 0.6) is 0 Å². The van der Waals surface area contributed by atoms with E-state index in [0.717, 1.165) is 32.5 Å². The SMILES string of the molecule is COCCNCC(Cc1ccc(C)cc1)Cc1cccs1. The normalized spacial score (nSPS) is 12.5. The minimum Gasteiger partial charge on any atom is -0.383 e. The van der Waals surface area contributed by atoms with Crippen molar-refractivity contribution in [1.29, 1.82) is 0 Å². The summed E-state index contributed by atoms with van der Waals surface area (Å²) in [6, 6.07) is 13.3. The number of methoxy groups -OCH3 is 1. The molecule has 3 heteroatoms. The number of aryl methyl sites for hydroxylation is 1. The highest BCUT2D eigenvalue weighted by molar-refractivity contribution is 7.09. The maximum Gasteiger partial charge on any atom is 0.0587 e. The van der Waals surface area contributed by atoms with Crippen LogP contribution in [0, 0.1) is 12.8 Å². The Hall–Kier alpha value is -1.16. The van der Waals surface area contributed by atoms with Crippen LogP contribution in [-0.4, -0.2) is 26.8 Å². The zero-order valence-electron chi connectivity index (χ0n) is 13.0. The Balaban J connectivity index is 1.91. The topological polar surface area (TPSA) is 21.3 Å². The smallest absolute Gasteiger partial charge is 0.0587 e. The summed E-state index contributed by atoms with van der Waals surface area (Å²) in [5, 5.41) is 5.67. The highest BCUT2D eigenvalue weighted by Gasteiger charge is 2.11. The second kappa shape index (κ2) is 8.98. The predicted octanol–water partition coefficient (Wildman–Crippen LogP) is 3.69. The van der Waals surface area contributed by atoms with Crippen molar-refractivity contribution in [3.63, 3.8) is 0 Å². The van der Waals surface area contributed by atoms with Crippen molar-refractivity contribution in [1.82, 2.24) is 5.32 Å². The standard InChI is InChI=1S/C18H25NOS/c1-15-5-7-16(8-6-15)12-17(14-19-9-10-20-2)13-18-4-3-11-21-18/h3-8,11,17,19H,9-10,12-14H2,1-2H3. The summed E-state index contributed by atoms with van der Waals surface area (Å²) in [6.45, 7) is 4.87. The summed E-state index contributed by atoms with van der Waals surface area (Å²) < 4.78 is 5.10. The van der Waals surface area contributed by atoms with E-state index in [2.05, 4.69) is 54.0 Å². The van der Waals surface area contributed by atoms with Crippen LogP contribution in [0.3, 0.4) is 0 Å². The Kier molecular flexibility index (Phi) is 6.93. The van der Waals surface area contributed by atoms with Gasteiger partial charge in [0.2, 0.25) is 0 Å². The van der Waals surface area contributed by atoms with E-state index in [9.17, 15) is 0 Å². The van der Waals surface area contributed by atoms with Crippen LogP contribution in [0.15, 0.2) is 41.8 Å². The molecule has 1 aromatic heterocycles. The van der Waals surface area contributed by atoms with Gasteiger partial charge in [-0.2, -0.15) is 0 Å². The Morgan fingerprint density at radius 2 is 1.95 bits per heavy atom. The lowest BCUT2D eigenvalue weighted by molar-refractivity contribution is 0.197. The first-order valence-corrected chi connectivity index (χ1v) is 8.43. The highest BCUT2D eigenvalue weighted by Crippen LogP contribution is 2.18. The van der Waals surface area contributed by atoms with E-state index < -0.39 is 0 Å². The monoisotopic (exact) mass is 303 g/mol. The number of hydrogen-bond donors (Lipinski definition) is 1. The fourth-order valence-corrected chi connectivity index (χ4v) is 3.29. The molecule has 2 rings (SSSR count). The van der Waals surface area contributed by atoms with Crippen LogP contribution in [0.2, 0.25) is 0 Å². The molecule has 0 radical (unpaired) electrons. The molecule has 0 fully saturated rings. The lowest BCUT2D eigenvalue weighted by Crippen LogP contribution is -2.28. The largest absolute Gasteiger partial charge is 0.383 e. The van der Waals surface area contributed by atoms with E-state index in [1.54, 1.807) is 7.11 Å². The maximum atomic E-state index is 5.10. The fourth-order valence-electron chi connectivity index (χ4n) is 2.47. The van der Waals surface area contributed by atoms with Crippen molar-refractivity contribution >= 4 is 11.3 Å². The van der Waals surface area contributed by atoms with E-state index in [1.165, 1.54) is 16.0 Å². The molecule has 1 atom stereocenters. The molecule has 2 nitrogen and oxygen atoms in total. The highest BCUT2D eigenvalue weighted by atomic mass is 32.1. The molecule has 0 aliphatic carbocycles. The second-order valence-corrected chi connectivity index (χ2v) is 6.57. The van der Waals surface area contributed by atoms with Gasteiger partial charge in [0.1, 0.15) is 0 Å². The molecule has 2 aromatic rings. The van der Waals surface area contributed by atoms with Gasteiger partial charge >= 0.3 is 0 Å². The summed E-state index contributed by atoms with van der Waals surface area (Å²) in [6.07, 6.45) is 2.27. The molecule has 0 bridgehead atoms. The minimum absolute atomic E-state index is 0.628. The third kappa shape index (κ3) is 6.00. The van der Waals surface area contributed by atoms with Crippen molar-refractivity contribution in [2.75, 3.05) is 26.8 Å². The van der Waals surface area contributed by atoms with E-state index in [-0.39, 0.29) is 0 Å². The molecule has 0 saturated heterocycles. The number of nitrogens with one attached hydrogen (secondary N) is 1. The summed E-state index contributed by atoms with van der Waals surface area (Å²) in [7, 11) is 1.75. The first-order chi connectivity index (χ1) is 10.3. The molecule has 1 heterocycles. The van der Waals surface area contributed by atoms with Gasteiger partial charge in [-0.25, -0.2) is 0 Å². The first-order valence-electron chi connectivity index (χ1n) is 7.55. The lowest BCUT2D eigenvalue weighted by atomic mass is 9.95. The van der Waals surface area contributed by atoms with Crippen LogP contribution in [0.25, 0.3) is 0 Å². The number of benzene rings is 1. The molecule has 1 aromatic carbocycles. The van der Waals surface area contributed by atoms with Gasteiger partial charge in [0.25, 0.3) is 0 Å². The zero-order valence-corrected chi connectivity index (χ0v) is 13.8. The van der Waals surface area contributed by atoms with Gasteiger partial charge in [-0.05, 0) is 49.2 Å². The van der Waals surface area contributed by atoms with Gasteiger partial charge in [0, 0.05) is 18.5 Å². The molecular weight excluding hydrogens is 278 g/mol. The van der Waals surface area contributed by atoms with E-state index in [1.807, 2.05) is 11.3 Å². The van der Waals surface area contributed by atoms with Crippen LogP contribution < -0.4 is 5.32 Å². The molecule has 21 heavy (non-hydrogen) atoms. The van der Waals surface area contributed by atoms with Crippen molar-refractivity contribution < 1.29 is 4.74 Å². The molecule has 0 amide bonds. The van der Waals surface area contributed by atoms with Gasteiger partial charge in [-0.15, -0.1) is 11.3 Å². The summed E-state index contributed by atoms with van der Waals surface area (Å²) in [5.74, 6) is 0.628. The zero-order chi connectivity index (χ0) is 14.9. The number of hydrogen-bond acceptors (Lipinski definition) is 3. The van der Waals surface area contributed by atoms with E-state index in [4.69, 9.17) is 4.74 Å². The second-order valence-electron chi connectivity index (χ2n) is 5.54. The Morgan fingerprint density at radius 3 is 2.62 bits per heavy atom. The van der Waals surface area contributed by atoms with Crippen molar-refractivity contribution in [3.8, 4) is 0 Å². The summed E-state index contributed by atoms with van der Waals surface area (Å²) >= 11 is 1.86. The summed E-state index contributed by atoms with van der Waals surface area (Å²) in [4.78, 5) is 1.47. The van der Waals surface area contributed by atoms with Crippen LogP contribution >= 0.6 is 11.3 Å². The third-order valence-electron chi connectivity index (χ3n) is 3.63. The van der Waals surface area contributed by atoms with E-state index >= 15 is 0 Å².